The van der Waals surface area contributed by atoms with E-state index < -0.39 is 17.6 Å². The average Bonchev–Trinajstić information content (AvgIpc) is 3.24. The molecule has 0 saturated carbocycles. The Morgan fingerprint density at radius 2 is 1.71 bits per heavy atom. The van der Waals surface area contributed by atoms with Crippen LogP contribution in [-0.4, -0.2) is 22.6 Å². The smallest absolute Gasteiger partial charge is 0.325 e. The molecule has 5 nitrogen and oxygen atoms in total. The second kappa shape index (κ2) is 10.7. The number of aromatic nitrogens is 1. The summed E-state index contributed by atoms with van der Waals surface area (Å²) in [4.78, 5) is 28.9. The molecule has 2 amide bonds. The number of carbonyl (C=O) groups is 2. The van der Waals surface area contributed by atoms with Gasteiger partial charge in [0, 0.05) is 17.5 Å². The summed E-state index contributed by atoms with van der Waals surface area (Å²) in [5, 5.41) is 5.28. The van der Waals surface area contributed by atoms with Gasteiger partial charge in [-0.3, -0.25) is 9.59 Å². The normalized spacial score (nSPS) is 11.6. The molecule has 0 spiro atoms. The van der Waals surface area contributed by atoms with Gasteiger partial charge in [0.25, 0.3) is 0 Å². The lowest BCUT2D eigenvalue weighted by molar-refractivity contribution is -0.137. The van der Waals surface area contributed by atoms with E-state index in [9.17, 15) is 22.8 Å². The van der Waals surface area contributed by atoms with E-state index in [0.717, 1.165) is 22.4 Å². The van der Waals surface area contributed by atoms with Gasteiger partial charge in [0.15, 0.2) is 4.34 Å². The highest BCUT2D eigenvalue weighted by Gasteiger charge is 2.30. The van der Waals surface area contributed by atoms with Gasteiger partial charge in [-0.15, -0.1) is 11.3 Å². The average molecular weight is 514 g/mol. The molecule has 35 heavy (non-hydrogen) atoms. The van der Waals surface area contributed by atoms with Gasteiger partial charge in [0.1, 0.15) is 0 Å². The van der Waals surface area contributed by atoms with Crippen molar-refractivity contribution in [3.05, 3.63) is 90.0 Å². The number of halogens is 3. The zero-order valence-electron chi connectivity index (χ0n) is 18.0. The Bertz CT molecular complexity index is 1390. The van der Waals surface area contributed by atoms with E-state index in [-0.39, 0.29) is 17.3 Å². The second-order valence-corrected chi connectivity index (χ2v) is 9.56. The van der Waals surface area contributed by atoms with Crippen LogP contribution in [-0.2, 0) is 15.8 Å². The number of thiazole rings is 1. The van der Waals surface area contributed by atoms with E-state index in [1.165, 1.54) is 41.3 Å². The minimum Gasteiger partial charge on any atom is -0.325 e. The van der Waals surface area contributed by atoms with Crippen molar-refractivity contribution < 1.29 is 22.8 Å². The van der Waals surface area contributed by atoms with Crippen molar-refractivity contribution in [2.24, 2.45) is 0 Å². The Hall–Kier alpha value is -3.63. The van der Waals surface area contributed by atoms with E-state index in [2.05, 4.69) is 15.6 Å². The fraction of sp³-hybridized carbons (Fsp3) is 0.0800. The Morgan fingerprint density at radius 3 is 2.49 bits per heavy atom. The Labute approximate surface area is 207 Å². The standard InChI is InChI=1S/C25H18F3N3O2S2/c26-25(27,28)17-7-4-8-18(13-17)30-23(33)15-34-24-31-20-11-10-19(14-21(20)35-24)29-22(32)12-9-16-5-2-1-3-6-16/h1-14H,15H2,(H,29,32)(H,30,33)/b12-9+. The summed E-state index contributed by atoms with van der Waals surface area (Å²) in [6.45, 7) is 0. The molecule has 1 aromatic heterocycles. The summed E-state index contributed by atoms with van der Waals surface area (Å²) in [6.07, 6.45) is -1.30. The van der Waals surface area contributed by atoms with Crippen LogP contribution in [0.25, 0.3) is 16.3 Å². The van der Waals surface area contributed by atoms with Crippen LogP contribution >= 0.6 is 23.1 Å². The number of fused-ring (bicyclic) bond motifs is 1. The SMILES string of the molecule is O=C(/C=C/c1ccccc1)Nc1ccc2nc(SCC(=O)Nc3cccc(C(F)(F)F)c3)sc2c1. The number of amides is 2. The predicted octanol–water partition coefficient (Wildman–Crippen LogP) is 6.70. The summed E-state index contributed by atoms with van der Waals surface area (Å²) < 4.78 is 40.0. The van der Waals surface area contributed by atoms with Gasteiger partial charge in [0.2, 0.25) is 11.8 Å². The van der Waals surface area contributed by atoms with E-state index >= 15 is 0 Å². The van der Waals surface area contributed by atoms with Gasteiger partial charge in [-0.2, -0.15) is 13.2 Å². The third-order valence-electron chi connectivity index (χ3n) is 4.66. The summed E-state index contributed by atoms with van der Waals surface area (Å²) >= 11 is 2.54. The van der Waals surface area contributed by atoms with E-state index in [0.29, 0.717) is 15.5 Å². The first kappa shape index (κ1) is 24.5. The van der Waals surface area contributed by atoms with Crippen LogP contribution in [0.4, 0.5) is 24.5 Å². The minimum absolute atomic E-state index is 0.00998. The monoisotopic (exact) mass is 513 g/mol. The number of anilines is 2. The van der Waals surface area contributed by atoms with E-state index in [4.69, 9.17) is 0 Å². The van der Waals surface area contributed by atoms with Crippen LogP contribution in [0, 0.1) is 0 Å². The van der Waals surface area contributed by atoms with Gasteiger partial charge in [-0.05, 0) is 48.0 Å². The molecule has 1 heterocycles. The lowest BCUT2D eigenvalue weighted by atomic mass is 10.2. The third kappa shape index (κ3) is 6.93. The van der Waals surface area contributed by atoms with Gasteiger partial charge >= 0.3 is 6.18 Å². The molecular weight excluding hydrogens is 495 g/mol. The van der Waals surface area contributed by atoms with Crippen molar-refractivity contribution in [2.75, 3.05) is 16.4 Å². The molecule has 0 atom stereocenters. The molecule has 2 N–H and O–H groups in total. The summed E-state index contributed by atoms with van der Waals surface area (Å²) in [7, 11) is 0. The number of hydrogen-bond acceptors (Lipinski definition) is 5. The number of nitrogens with zero attached hydrogens (tertiary/aromatic N) is 1. The van der Waals surface area contributed by atoms with Crippen LogP contribution in [0.15, 0.2) is 83.2 Å². The molecule has 0 aliphatic carbocycles. The summed E-state index contributed by atoms with van der Waals surface area (Å²) in [5.74, 6) is -0.713. The molecule has 3 aromatic carbocycles. The second-order valence-electron chi connectivity index (χ2n) is 7.31. The fourth-order valence-corrected chi connectivity index (χ4v) is 4.97. The van der Waals surface area contributed by atoms with Gasteiger partial charge in [-0.1, -0.05) is 48.2 Å². The van der Waals surface area contributed by atoms with Crippen molar-refractivity contribution in [3.8, 4) is 0 Å². The number of hydrogen-bond donors (Lipinski definition) is 2. The molecule has 0 saturated heterocycles. The summed E-state index contributed by atoms with van der Waals surface area (Å²) in [5.41, 5.74) is 1.50. The Morgan fingerprint density at radius 1 is 0.943 bits per heavy atom. The largest absolute Gasteiger partial charge is 0.416 e. The van der Waals surface area contributed by atoms with Crippen LogP contribution in [0.1, 0.15) is 11.1 Å². The van der Waals surface area contributed by atoms with Crippen LogP contribution in [0.2, 0.25) is 0 Å². The van der Waals surface area contributed by atoms with Crippen molar-refractivity contribution in [2.45, 2.75) is 10.5 Å². The lowest BCUT2D eigenvalue weighted by Gasteiger charge is -2.09. The quantitative estimate of drug-likeness (QED) is 0.213. The molecule has 0 radical (unpaired) electrons. The van der Waals surface area contributed by atoms with Crippen LogP contribution in [0.3, 0.4) is 0 Å². The maximum atomic E-state index is 12.8. The Balaban J connectivity index is 1.34. The maximum Gasteiger partial charge on any atom is 0.416 e. The number of nitrogens with one attached hydrogen (secondary N) is 2. The molecular formula is C25H18F3N3O2S2. The first-order valence-electron chi connectivity index (χ1n) is 10.3. The number of benzene rings is 3. The number of carbonyl (C=O) groups excluding carboxylic acids is 2. The molecule has 0 bridgehead atoms. The molecule has 10 heteroatoms. The van der Waals surface area contributed by atoms with Gasteiger partial charge < -0.3 is 10.6 Å². The van der Waals surface area contributed by atoms with Gasteiger partial charge in [-0.25, -0.2) is 4.98 Å². The first-order valence-corrected chi connectivity index (χ1v) is 12.1. The highest BCUT2D eigenvalue weighted by Crippen LogP contribution is 2.32. The highest BCUT2D eigenvalue weighted by molar-refractivity contribution is 8.01. The van der Waals surface area contributed by atoms with Crippen molar-refractivity contribution in [1.82, 2.24) is 4.98 Å². The molecule has 0 fully saturated rings. The molecule has 0 aliphatic rings. The van der Waals surface area contributed by atoms with E-state index in [1.54, 1.807) is 24.3 Å². The van der Waals surface area contributed by atoms with Gasteiger partial charge in [0.05, 0.1) is 21.5 Å². The zero-order valence-corrected chi connectivity index (χ0v) is 19.6. The number of alkyl halides is 3. The van der Waals surface area contributed by atoms with Crippen molar-refractivity contribution in [3.63, 3.8) is 0 Å². The lowest BCUT2D eigenvalue weighted by Crippen LogP contribution is -2.14. The minimum atomic E-state index is -4.48. The van der Waals surface area contributed by atoms with Crippen LogP contribution in [0.5, 0.6) is 0 Å². The fourth-order valence-electron chi connectivity index (χ4n) is 3.06. The topological polar surface area (TPSA) is 71.1 Å². The van der Waals surface area contributed by atoms with Crippen LogP contribution < -0.4 is 10.6 Å². The maximum absolute atomic E-state index is 12.8. The van der Waals surface area contributed by atoms with Crippen molar-refractivity contribution in [1.29, 1.82) is 0 Å². The van der Waals surface area contributed by atoms with E-state index in [1.807, 2.05) is 30.3 Å². The predicted molar refractivity (Wildman–Crippen MR) is 135 cm³/mol. The molecule has 4 aromatic rings. The zero-order chi connectivity index (χ0) is 24.8. The number of rotatable bonds is 7. The molecule has 4 rings (SSSR count). The number of thioether (sulfide) groups is 1. The molecule has 0 unspecified atom stereocenters. The van der Waals surface area contributed by atoms with Crippen molar-refractivity contribution >= 4 is 62.6 Å². The molecule has 178 valence electrons. The summed E-state index contributed by atoms with van der Waals surface area (Å²) in [6, 6.07) is 19.3. The Kier molecular flexibility index (Phi) is 7.52. The third-order valence-corrected chi connectivity index (χ3v) is 6.82. The highest BCUT2D eigenvalue weighted by atomic mass is 32.2. The molecule has 0 aliphatic heterocycles. The first-order chi connectivity index (χ1) is 16.8.